The molecule has 3 heterocycles. The summed E-state index contributed by atoms with van der Waals surface area (Å²) in [5.74, 6) is 1.34. The van der Waals surface area contributed by atoms with Crippen molar-refractivity contribution in [2.75, 3.05) is 18.8 Å². The maximum atomic E-state index is 13.2. The first-order chi connectivity index (χ1) is 13.9. The number of nitrogens with zero attached hydrogens (tertiary/aromatic N) is 3. The molecule has 0 N–H and O–H groups in total. The fraction of sp³-hybridized carbons (Fsp3) is 0.381. The Hall–Kier alpha value is -1.83. The van der Waals surface area contributed by atoms with Crippen molar-refractivity contribution in [3.63, 3.8) is 0 Å². The van der Waals surface area contributed by atoms with Gasteiger partial charge in [-0.15, -0.1) is 11.3 Å². The number of rotatable bonds is 4. The van der Waals surface area contributed by atoms with Crippen LogP contribution in [0.1, 0.15) is 20.3 Å². The second-order valence-electron chi connectivity index (χ2n) is 7.65. The topological polar surface area (TPSA) is 55.2 Å². The van der Waals surface area contributed by atoms with E-state index in [1.165, 1.54) is 27.7 Å². The fourth-order valence-corrected chi connectivity index (χ4v) is 5.81. The van der Waals surface area contributed by atoms with E-state index in [1.54, 1.807) is 12.1 Å². The van der Waals surface area contributed by atoms with Gasteiger partial charge in [0.05, 0.1) is 22.0 Å². The number of hydrogen-bond donors (Lipinski definition) is 0. The van der Waals surface area contributed by atoms with Crippen molar-refractivity contribution in [2.45, 2.75) is 25.4 Å². The lowest BCUT2D eigenvalue weighted by Gasteiger charge is -2.35. The van der Waals surface area contributed by atoms with E-state index in [0.717, 1.165) is 19.5 Å². The van der Waals surface area contributed by atoms with Gasteiger partial charge in [0.1, 0.15) is 4.70 Å². The van der Waals surface area contributed by atoms with E-state index in [9.17, 15) is 9.59 Å². The molecule has 1 aliphatic rings. The number of likely N-dealkylation sites (tertiary alicyclic amines) is 1. The Labute approximate surface area is 182 Å². The molecule has 0 radical (unpaired) electrons. The smallest absolute Gasteiger partial charge is 0.276 e. The molecule has 1 aliphatic heterocycles. The van der Waals surface area contributed by atoms with Crippen molar-refractivity contribution >= 4 is 50.8 Å². The molecule has 2 aromatic heterocycles. The van der Waals surface area contributed by atoms with Crippen LogP contribution in [0.4, 0.5) is 0 Å². The number of carbonyl (C=O) groups is 1. The zero-order chi connectivity index (χ0) is 20.5. The summed E-state index contributed by atoms with van der Waals surface area (Å²) < 4.78 is 2.11. The normalized spacial score (nSPS) is 19.6. The molecular formula is C21H22ClN3O2S2. The van der Waals surface area contributed by atoms with E-state index in [0.29, 0.717) is 37.9 Å². The SMILES string of the molecule is C[C@@H]1C[C@H](C)CN(C(=O)CSc2nc3ccsc3c(=O)n2-c2ccccc2Cl)C1. The van der Waals surface area contributed by atoms with Crippen molar-refractivity contribution in [1.82, 2.24) is 14.5 Å². The first-order valence-corrected chi connectivity index (χ1v) is 11.8. The van der Waals surface area contributed by atoms with E-state index < -0.39 is 0 Å². The molecule has 1 aromatic carbocycles. The van der Waals surface area contributed by atoms with Crippen LogP contribution >= 0.6 is 34.7 Å². The van der Waals surface area contributed by atoms with Gasteiger partial charge in [-0.05, 0) is 41.8 Å². The summed E-state index contributed by atoms with van der Waals surface area (Å²) in [6.45, 7) is 5.95. The van der Waals surface area contributed by atoms with Gasteiger partial charge in [0.25, 0.3) is 5.56 Å². The summed E-state index contributed by atoms with van der Waals surface area (Å²) >= 11 is 9.03. The summed E-state index contributed by atoms with van der Waals surface area (Å²) in [7, 11) is 0. The van der Waals surface area contributed by atoms with Gasteiger partial charge in [0, 0.05) is 13.1 Å². The van der Waals surface area contributed by atoms with Crippen LogP contribution < -0.4 is 5.56 Å². The van der Waals surface area contributed by atoms with Gasteiger partial charge in [0.15, 0.2) is 5.16 Å². The standard InChI is InChI=1S/C21H22ClN3O2S2/c1-13-9-14(2)11-24(10-13)18(26)12-29-21-23-16-7-8-28-19(16)20(27)25(21)17-6-4-3-5-15(17)22/h3-8,13-14H,9-12H2,1-2H3/t13-,14+. The number of piperidine rings is 1. The molecule has 2 atom stereocenters. The third-order valence-electron chi connectivity index (χ3n) is 5.09. The molecule has 8 heteroatoms. The maximum Gasteiger partial charge on any atom is 0.276 e. The largest absolute Gasteiger partial charge is 0.341 e. The lowest BCUT2D eigenvalue weighted by Crippen LogP contribution is -2.43. The Morgan fingerprint density at radius 2 is 1.97 bits per heavy atom. The Balaban J connectivity index is 1.66. The molecule has 1 fully saturated rings. The van der Waals surface area contributed by atoms with E-state index in [2.05, 4.69) is 18.8 Å². The fourth-order valence-electron chi connectivity index (χ4n) is 3.92. The van der Waals surface area contributed by atoms with E-state index in [1.807, 2.05) is 28.5 Å². The highest BCUT2D eigenvalue weighted by molar-refractivity contribution is 7.99. The number of halogens is 1. The Morgan fingerprint density at radius 1 is 1.24 bits per heavy atom. The summed E-state index contributed by atoms with van der Waals surface area (Å²) in [6.07, 6.45) is 1.15. The zero-order valence-electron chi connectivity index (χ0n) is 16.3. The summed E-state index contributed by atoms with van der Waals surface area (Å²) in [5, 5.41) is 2.81. The molecule has 3 aromatic rings. The van der Waals surface area contributed by atoms with Crippen molar-refractivity contribution in [3.8, 4) is 5.69 Å². The molecule has 0 bridgehead atoms. The molecule has 0 aliphatic carbocycles. The van der Waals surface area contributed by atoms with Crippen LogP contribution in [0.3, 0.4) is 0 Å². The van der Waals surface area contributed by atoms with Gasteiger partial charge < -0.3 is 4.90 Å². The average molecular weight is 448 g/mol. The van der Waals surface area contributed by atoms with Crippen LogP contribution in [0.15, 0.2) is 45.7 Å². The summed E-state index contributed by atoms with van der Waals surface area (Å²) in [6, 6.07) is 9.03. The molecule has 0 saturated carbocycles. The van der Waals surface area contributed by atoms with Gasteiger partial charge in [-0.3, -0.25) is 14.2 Å². The minimum Gasteiger partial charge on any atom is -0.341 e. The highest BCUT2D eigenvalue weighted by Crippen LogP contribution is 2.28. The highest BCUT2D eigenvalue weighted by Gasteiger charge is 2.26. The molecule has 4 rings (SSSR count). The number of thiophene rings is 1. The summed E-state index contributed by atoms with van der Waals surface area (Å²) in [4.78, 5) is 32.6. The first-order valence-electron chi connectivity index (χ1n) is 9.59. The molecule has 152 valence electrons. The maximum absolute atomic E-state index is 13.2. The zero-order valence-corrected chi connectivity index (χ0v) is 18.7. The number of carbonyl (C=O) groups excluding carboxylic acids is 1. The second-order valence-corrected chi connectivity index (χ2v) is 9.92. The van der Waals surface area contributed by atoms with Crippen LogP contribution in [0.5, 0.6) is 0 Å². The average Bonchev–Trinajstić information content (AvgIpc) is 3.15. The van der Waals surface area contributed by atoms with Crippen LogP contribution in [0.25, 0.3) is 15.9 Å². The molecular weight excluding hydrogens is 426 g/mol. The Morgan fingerprint density at radius 3 is 2.69 bits per heavy atom. The van der Waals surface area contributed by atoms with Crippen LogP contribution in [-0.4, -0.2) is 39.2 Å². The van der Waals surface area contributed by atoms with Gasteiger partial charge in [0.2, 0.25) is 5.91 Å². The Kier molecular flexibility index (Phi) is 5.99. The first kappa shape index (κ1) is 20.4. The number of hydrogen-bond acceptors (Lipinski definition) is 5. The Bertz CT molecular complexity index is 1100. The van der Waals surface area contributed by atoms with Crippen molar-refractivity contribution < 1.29 is 4.79 Å². The third kappa shape index (κ3) is 4.22. The molecule has 1 amide bonds. The van der Waals surface area contributed by atoms with E-state index in [4.69, 9.17) is 11.6 Å². The van der Waals surface area contributed by atoms with E-state index in [-0.39, 0.29) is 17.2 Å². The number of aromatic nitrogens is 2. The molecule has 1 saturated heterocycles. The van der Waals surface area contributed by atoms with Crippen LogP contribution in [-0.2, 0) is 4.79 Å². The quantitative estimate of drug-likeness (QED) is 0.429. The van der Waals surface area contributed by atoms with Gasteiger partial charge in [-0.2, -0.15) is 0 Å². The van der Waals surface area contributed by atoms with Gasteiger partial charge in [-0.1, -0.05) is 49.3 Å². The number of benzene rings is 1. The highest BCUT2D eigenvalue weighted by atomic mass is 35.5. The lowest BCUT2D eigenvalue weighted by atomic mass is 9.92. The monoisotopic (exact) mass is 447 g/mol. The van der Waals surface area contributed by atoms with Crippen molar-refractivity contribution in [1.29, 1.82) is 0 Å². The number of para-hydroxylation sites is 1. The lowest BCUT2D eigenvalue weighted by molar-refractivity contribution is -0.130. The van der Waals surface area contributed by atoms with Crippen LogP contribution in [0, 0.1) is 11.8 Å². The third-order valence-corrected chi connectivity index (χ3v) is 7.22. The molecule has 0 spiro atoms. The van der Waals surface area contributed by atoms with Gasteiger partial charge in [-0.25, -0.2) is 4.98 Å². The van der Waals surface area contributed by atoms with Gasteiger partial charge >= 0.3 is 0 Å². The number of fused-ring (bicyclic) bond motifs is 1. The number of thioether (sulfide) groups is 1. The minimum atomic E-state index is -0.159. The van der Waals surface area contributed by atoms with Crippen molar-refractivity contribution in [3.05, 3.63) is 51.1 Å². The predicted molar refractivity (Wildman–Crippen MR) is 120 cm³/mol. The van der Waals surface area contributed by atoms with E-state index >= 15 is 0 Å². The molecule has 5 nitrogen and oxygen atoms in total. The number of amides is 1. The molecule has 29 heavy (non-hydrogen) atoms. The van der Waals surface area contributed by atoms with Crippen molar-refractivity contribution in [2.24, 2.45) is 11.8 Å². The second kappa shape index (κ2) is 8.50. The minimum absolute atomic E-state index is 0.0822. The van der Waals surface area contributed by atoms with Crippen LogP contribution in [0.2, 0.25) is 5.02 Å². The molecule has 0 unspecified atom stereocenters. The predicted octanol–water partition coefficient (Wildman–Crippen LogP) is 4.70. The summed E-state index contributed by atoms with van der Waals surface area (Å²) in [5.41, 5.74) is 1.07.